The van der Waals surface area contributed by atoms with Crippen LogP contribution >= 0.6 is 0 Å². The number of rotatable bonds is 5. The fraction of sp³-hybridized carbons (Fsp3) is 0.179. The van der Waals surface area contributed by atoms with Gasteiger partial charge in [-0.3, -0.25) is 18.9 Å². The normalized spacial score (nSPS) is 14.0. The molecule has 0 aliphatic carbocycles. The van der Waals surface area contributed by atoms with Gasteiger partial charge in [-0.25, -0.2) is 0 Å². The van der Waals surface area contributed by atoms with Crippen LogP contribution in [0.1, 0.15) is 21.5 Å². The maximum atomic E-state index is 13.1. The fourth-order valence-electron chi connectivity index (χ4n) is 4.48. The third-order valence-corrected chi connectivity index (χ3v) is 6.36. The Morgan fingerprint density at radius 2 is 1.63 bits per heavy atom. The molecule has 0 atom stereocenters. The Kier molecular flexibility index (Phi) is 6.29. The predicted molar refractivity (Wildman–Crippen MR) is 137 cm³/mol. The van der Waals surface area contributed by atoms with Crippen molar-refractivity contribution in [2.75, 3.05) is 36.4 Å². The zero-order valence-electron chi connectivity index (χ0n) is 19.2. The van der Waals surface area contributed by atoms with Crippen LogP contribution in [0.25, 0.3) is 5.52 Å². The maximum Gasteiger partial charge on any atom is 0.267 e. The molecule has 0 spiro atoms. The molecule has 174 valence electrons. The number of carbonyl (C=O) groups is 1. The minimum atomic E-state index is -0.411. The van der Waals surface area contributed by atoms with Gasteiger partial charge < -0.3 is 10.2 Å². The largest absolute Gasteiger partial charge is 0.369 e. The molecule has 5 rings (SSSR count). The van der Waals surface area contributed by atoms with Crippen molar-refractivity contribution in [2.45, 2.75) is 6.54 Å². The first kappa shape index (κ1) is 22.4. The zero-order valence-corrected chi connectivity index (χ0v) is 19.2. The molecule has 4 aromatic rings. The Labute approximate surface area is 203 Å². The molecule has 35 heavy (non-hydrogen) atoms. The summed E-state index contributed by atoms with van der Waals surface area (Å²) in [6, 6.07) is 26.3. The van der Waals surface area contributed by atoms with Gasteiger partial charge in [-0.2, -0.15) is 5.26 Å². The molecule has 1 fully saturated rings. The Morgan fingerprint density at radius 3 is 2.34 bits per heavy atom. The van der Waals surface area contributed by atoms with E-state index < -0.39 is 5.91 Å². The molecular formula is C28H25N5O2. The second-order valence-corrected chi connectivity index (χ2v) is 8.59. The summed E-state index contributed by atoms with van der Waals surface area (Å²) in [6.45, 7) is 4.06. The van der Waals surface area contributed by atoms with Crippen LogP contribution in [-0.2, 0) is 6.54 Å². The van der Waals surface area contributed by atoms with Gasteiger partial charge in [0.05, 0.1) is 17.1 Å². The zero-order chi connectivity index (χ0) is 24.2. The quantitative estimate of drug-likeness (QED) is 0.488. The molecule has 1 saturated heterocycles. The average Bonchev–Trinajstić information content (AvgIpc) is 2.91. The Hall–Kier alpha value is -4.41. The lowest BCUT2D eigenvalue weighted by Crippen LogP contribution is -2.46. The van der Waals surface area contributed by atoms with E-state index in [1.807, 2.05) is 54.6 Å². The number of nitriles is 1. The van der Waals surface area contributed by atoms with Crippen LogP contribution in [0, 0.1) is 11.3 Å². The number of benzene rings is 2. The van der Waals surface area contributed by atoms with E-state index in [-0.39, 0.29) is 11.1 Å². The smallest absolute Gasteiger partial charge is 0.267 e. The van der Waals surface area contributed by atoms with E-state index in [0.717, 1.165) is 42.9 Å². The summed E-state index contributed by atoms with van der Waals surface area (Å²) in [7, 11) is 0. The molecule has 2 aromatic carbocycles. The highest BCUT2D eigenvalue weighted by molar-refractivity contribution is 6.04. The number of amides is 1. The summed E-state index contributed by atoms with van der Waals surface area (Å²) in [5.74, 6) is -0.411. The van der Waals surface area contributed by atoms with Crippen molar-refractivity contribution >= 4 is 22.8 Å². The second kappa shape index (κ2) is 9.84. The van der Waals surface area contributed by atoms with E-state index in [4.69, 9.17) is 5.26 Å². The van der Waals surface area contributed by atoms with Crippen LogP contribution in [0.5, 0.6) is 0 Å². The molecule has 1 N–H and O–H groups in total. The fourth-order valence-corrected chi connectivity index (χ4v) is 4.48. The second-order valence-electron chi connectivity index (χ2n) is 8.59. The SMILES string of the molecule is N#Cc1ccc(N2CCN(Cc3cc(C(=O)Nc4ccccc4)c(=O)n4ccccc34)CC2)cc1. The number of hydrogen-bond donors (Lipinski definition) is 1. The van der Waals surface area contributed by atoms with Gasteiger partial charge in [-0.05, 0) is 60.2 Å². The first-order valence-electron chi connectivity index (χ1n) is 11.6. The number of fused-ring (bicyclic) bond motifs is 1. The Balaban J connectivity index is 1.36. The summed E-state index contributed by atoms with van der Waals surface area (Å²) >= 11 is 0. The molecule has 0 saturated carbocycles. The third-order valence-electron chi connectivity index (χ3n) is 6.36. The highest BCUT2D eigenvalue weighted by Gasteiger charge is 2.21. The van der Waals surface area contributed by atoms with Crippen LogP contribution in [0.2, 0.25) is 0 Å². The number of nitrogens with zero attached hydrogens (tertiary/aromatic N) is 4. The molecule has 1 aliphatic heterocycles. The number of pyridine rings is 2. The van der Waals surface area contributed by atoms with Crippen LogP contribution in [0.3, 0.4) is 0 Å². The van der Waals surface area contributed by atoms with Gasteiger partial charge in [0.2, 0.25) is 0 Å². The summed E-state index contributed by atoms with van der Waals surface area (Å²) in [5, 5.41) is 11.9. The molecule has 1 amide bonds. The van der Waals surface area contributed by atoms with Gasteiger partial charge in [0.1, 0.15) is 5.56 Å². The molecule has 3 heterocycles. The van der Waals surface area contributed by atoms with E-state index in [2.05, 4.69) is 21.2 Å². The number of nitrogens with one attached hydrogen (secondary N) is 1. The standard InChI is InChI=1S/C28H25N5O2/c29-19-21-9-11-24(12-10-21)32-16-14-31(15-17-32)20-22-18-25(27(34)30-23-6-2-1-3-7-23)28(35)33-13-5-4-8-26(22)33/h1-13,18H,14-17,20H2,(H,30,34). The lowest BCUT2D eigenvalue weighted by Gasteiger charge is -2.36. The highest BCUT2D eigenvalue weighted by Crippen LogP contribution is 2.20. The summed E-state index contributed by atoms with van der Waals surface area (Å²) < 4.78 is 1.56. The molecular weight excluding hydrogens is 438 g/mol. The Morgan fingerprint density at radius 1 is 0.914 bits per heavy atom. The van der Waals surface area contributed by atoms with Crippen LogP contribution < -0.4 is 15.8 Å². The van der Waals surface area contributed by atoms with Crippen molar-refractivity contribution in [2.24, 2.45) is 0 Å². The monoisotopic (exact) mass is 463 g/mol. The van der Waals surface area contributed by atoms with Crippen LogP contribution in [-0.4, -0.2) is 41.4 Å². The van der Waals surface area contributed by atoms with E-state index >= 15 is 0 Å². The molecule has 2 aromatic heterocycles. The lowest BCUT2D eigenvalue weighted by molar-refractivity contribution is 0.102. The van der Waals surface area contributed by atoms with Gasteiger partial charge in [-0.15, -0.1) is 0 Å². The van der Waals surface area contributed by atoms with Crippen molar-refractivity contribution in [1.29, 1.82) is 5.26 Å². The summed E-state index contributed by atoms with van der Waals surface area (Å²) in [6.07, 6.45) is 1.71. The number of hydrogen-bond acceptors (Lipinski definition) is 5. The van der Waals surface area contributed by atoms with Gasteiger partial charge in [0.25, 0.3) is 11.5 Å². The third kappa shape index (κ3) is 4.79. The predicted octanol–water partition coefficient (Wildman–Crippen LogP) is 3.75. The van der Waals surface area contributed by atoms with Crippen LogP contribution in [0.15, 0.2) is 89.9 Å². The van der Waals surface area contributed by atoms with Gasteiger partial charge in [0, 0.05) is 50.3 Å². The topological polar surface area (TPSA) is 80.8 Å². The first-order valence-corrected chi connectivity index (χ1v) is 11.6. The highest BCUT2D eigenvalue weighted by atomic mass is 16.2. The summed E-state index contributed by atoms with van der Waals surface area (Å²) in [5.41, 5.74) is 3.96. The summed E-state index contributed by atoms with van der Waals surface area (Å²) in [4.78, 5) is 30.8. The molecule has 7 nitrogen and oxygen atoms in total. The Bertz CT molecular complexity index is 1450. The molecule has 1 aliphatic rings. The number of para-hydroxylation sites is 1. The van der Waals surface area contributed by atoms with Crippen molar-refractivity contribution in [3.8, 4) is 6.07 Å². The van der Waals surface area contributed by atoms with Crippen molar-refractivity contribution in [1.82, 2.24) is 9.30 Å². The molecule has 0 radical (unpaired) electrons. The minimum absolute atomic E-state index is 0.128. The van der Waals surface area contributed by atoms with E-state index in [9.17, 15) is 9.59 Å². The average molecular weight is 464 g/mol. The number of aromatic nitrogens is 1. The van der Waals surface area contributed by atoms with E-state index in [0.29, 0.717) is 17.8 Å². The maximum absolute atomic E-state index is 13.1. The van der Waals surface area contributed by atoms with Crippen molar-refractivity contribution in [3.63, 3.8) is 0 Å². The van der Waals surface area contributed by atoms with E-state index in [1.165, 1.54) is 0 Å². The van der Waals surface area contributed by atoms with E-state index in [1.54, 1.807) is 34.9 Å². The molecule has 0 unspecified atom stereocenters. The minimum Gasteiger partial charge on any atom is -0.369 e. The number of carbonyl (C=O) groups excluding carboxylic acids is 1. The van der Waals surface area contributed by atoms with Gasteiger partial charge in [0.15, 0.2) is 0 Å². The van der Waals surface area contributed by atoms with Crippen LogP contribution in [0.4, 0.5) is 11.4 Å². The molecule has 0 bridgehead atoms. The van der Waals surface area contributed by atoms with Gasteiger partial charge in [-0.1, -0.05) is 24.3 Å². The molecule has 7 heteroatoms. The number of piperazine rings is 1. The first-order chi connectivity index (χ1) is 17.1. The van der Waals surface area contributed by atoms with Crippen molar-refractivity contribution < 1.29 is 4.79 Å². The number of anilines is 2. The van der Waals surface area contributed by atoms with Crippen molar-refractivity contribution in [3.05, 3.63) is 112 Å². The van der Waals surface area contributed by atoms with Gasteiger partial charge >= 0.3 is 0 Å². The lowest BCUT2D eigenvalue weighted by atomic mass is 10.1.